The number of benzene rings is 2. The van der Waals surface area contributed by atoms with Gasteiger partial charge in [-0.05, 0) is 30.7 Å². The van der Waals surface area contributed by atoms with Gasteiger partial charge in [-0.2, -0.15) is 4.31 Å². The average Bonchev–Trinajstić information content (AvgIpc) is 2.63. The van der Waals surface area contributed by atoms with E-state index in [1.54, 1.807) is 4.31 Å². The van der Waals surface area contributed by atoms with E-state index >= 15 is 0 Å². The van der Waals surface area contributed by atoms with Gasteiger partial charge < -0.3 is 9.64 Å². The predicted molar refractivity (Wildman–Crippen MR) is 101 cm³/mol. The summed E-state index contributed by atoms with van der Waals surface area (Å²) in [7, 11) is -3.12. The molecule has 0 unspecified atom stereocenters. The van der Waals surface area contributed by atoms with Crippen LogP contribution in [0.15, 0.2) is 54.6 Å². The van der Waals surface area contributed by atoms with Gasteiger partial charge in [-0.15, -0.1) is 0 Å². The van der Waals surface area contributed by atoms with E-state index < -0.39 is 10.0 Å². The van der Waals surface area contributed by atoms with E-state index in [1.165, 1.54) is 0 Å². The van der Waals surface area contributed by atoms with Crippen molar-refractivity contribution < 1.29 is 13.2 Å². The van der Waals surface area contributed by atoms with Crippen molar-refractivity contribution in [2.24, 2.45) is 0 Å². The maximum absolute atomic E-state index is 12.2. The number of ether oxygens (including phenoxy) is 1. The smallest absolute Gasteiger partial charge is 0.214 e. The van der Waals surface area contributed by atoms with Gasteiger partial charge in [0, 0.05) is 26.2 Å². The SMILES string of the molecule is CCCS(=O)(=O)N1CCN(c2ccccc2Oc2ccccc2)CC1. The first-order chi connectivity index (χ1) is 12.1. The molecule has 0 N–H and O–H groups in total. The van der Waals surface area contributed by atoms with Gasteiger partial charge in [0.1, 0.15) is 5.75 Å². The molecule has 0 bridgehead atoms. The summed E-state index contributed by atoms with van der Waals surface area (Å²) in [5.41, 5.74) is 0.999. The van der Waals surface area contributed by atoms with Gasteiger partial charge in [-0.25, -0.2) is 8.42 Å². The van der Waals surface area contributed by atoms with E-state index in [-0.39, 0.29) is 5.75 Å². The third kappa shape index (κ3) is 4.32. The van der Waals surface area contributed by atoms with E-state index in [4.69, 9.17) is 4.74 Å². The molecule has 0 spiro atoms. The van der Waals surface area contributed by atoms with Crippen LogP contribution >= 0.6 is 0 Å². The molecule has 3 rings (SSSR count). The van der Waals surface area contributed by atoms with Crippen molar-refractivity contribution in [3.8, 4) is 11.5 Å². The molecule has 6 heteroatoms. The van der Waals surface area contributed by atoms with Crippen LogP contribution in [0.4, 0.5) is 5.69 Å². The fraction of sp³-hybridized carbons (Fsp3) is 0.368. The number of hydrogen-bond acceptors (Lipinski definition) is 4. The number of piperazine rings is 1. The lowest BCUT2D eigenvalue weighted by Gasteiger charge is -2.36. The Balaban J connectivity index is 1.72. The summed E-state index contributed by atoms with van der Waals surface area (Å²) in [5.74, 6) is 1.80. The lowest BCUT2D eigenvalue weighted by molar-refractivity contribution is 0.382. The van der Waals surface area contributed by atoms with Crippen LogP contribution in [0.1, 0.15) is 13.3 Å². The van der Waals surface area contributed by atoms with Gasteiger partial charge in [0.05, 0.1) is 11.4 Å². The van der Waals surface area contributed by atoms with Crippen molar-refractivity contribution in [1.29, 1.82) is 0 Å². The average molecular weight is 360 g/mol. The molecule has 0 aromatic heterocycles. The van der Waals surface area contributed by atoms with Crippen molar-refractivity contribution in [2.45, 2.75) is 13.3 Å². The molecule has 0 atom stereocenters. The van der Waals surface area contributed by atoms with E-state index in [0.29, 0.717) is 32.6 Å². The van der Waals surface area contributed by atoms with Gasteiger partial charge in [-0.3, -0.25) is 0 Å². The van der Waals surface area contributed by atoms with Crippen LogP contribution in [-0.2, 0) is 10.0 Å². The maximum atomic E-state index is 12.2. The Kier molecular flexibility index (Phi) is 5.60. The number of para-hydroxylation sites is 3. The molecule has 1 aliphatic rings. The topological polar surface area (TPSA) is 49.9 Å². The monoisotopic (exact) mass is 360 g/mol. The zero-order valence-corrected chi connectivity index (χ0v) is 15.3. The first kappa shape index (κ1) is 17.8. The number of hydrogen-bond donors (Lipinski definition) is 0. The van der Waals surface area contributed by atoms with Gasteiger partial charge in [0.15, 0.2) is 5.75 Å². The van der Waals surface area contributed by atoms with E-state index in [9.17, 15) is 8.42 Å². The second kappa shape index (κ2) is 7.89. The molecule has 0 saturated carbocycles. The summed E-state index contributed by atoms with van der Waals surface area (Å²) >= 11 is 0. The Morgan fingerprint density at radius 1 is 0.920 bits per heavy atom. The molecule has 5 nitrogen and oxygen atoms in total. The summed E-state index contributed by atoms with van der Waals surface area (Å²) in [6, 6.07) is 17.6. The molecule has 0 radical (unpaired) electrons. The van der Waals surface area contributed by atoms with Crippen molar-refractivity contribution in [2.75, 3.05) is 36.8 Å². The second-order valence-electron chi connectivity index (χ2n) is 6.08. The number of sulfonamides is 1. The van der Waals surface area contributed by atoms with Crippen LogP contribution in [0.25, 0.3) is 0 Å². The second-order valence-corrected chi connectivity index (χ2v) is 8.17. The van der Waals surface area contributed by atoms with Crippen LogP contribution in [0.5, 0.6) is 11.5 Å². The number of anilines is 1. The van der Waals surface area contributed by atoms with Crippen LogP contribution in [0.2, 0.25) is 0 Å². The Morgan fingerprint density at radius 3 is 2.24 bits per heavy atom. The van der Waals surface area contributed by atoms with Crippen molar-refractivity contribution in [3.63, 3.8) is 0 Å². The van der Waals surface area contributed by atoms with Crippen molar-refractivity contribution >= 4 is 15.7 Å². The van der Waals surface area contributed by atoms with Gasteiger partial charge in [0.25, 0.3) is 0 Å². The molecule has 2 aromatic carbocycles. The number of nitrogens with zero attached hydrogens (tertiary/aromatic N) is 2. The van der Waals surface area contributed by atoms with Crippen LogP contribution in [0.3, 0.4) is 0 Å². The van der Waals surface area contributed by atoms with E-state index in [0.717, 1.165) is 17.2 Å². The van der Waals surface area contributed by atoms with Crippen LogP contribution < -0.4 is 9.64 Å². The highest BCUT2D eigenvalue weighted by molar-refractivity contribution is 7.89. The Bertz CT molecular complexity index is 785. The molecule has 1 fully saturated rings. The Morgan fingerprint density at radius 2 is 1.56 bits per heavy atom. The van der Waals surface area contributed by atoms with E-state index in [2.05, 4.69) is 4.90 Å². The molecule has 1 saturated heterocycles. The zero-order valence-electron chi connectivity index (χ0n) is 14.5. The molecule has 1 aliphatic heterocycles. The third-order valence-electron chi connectivity index (χ3n) is 4.27. The molecule has 25 heavy (non-hydrogen) atoms. The van der Waals surface area contributed by atoms with Crippen LogP contribution in [0, 0.1) is 0 Å². The molecule has 0 amide bonds. The van der Waals surface area contributed by atoms with Crippen molar-refractivity contribution in [3.05, 3.63) is 54.6 Å². The third-order valence-corrected chi connectivity index (χ3v) is 6.35. The highest BCUT2D eigenvalue weighted by Crippen LogP contribution is 2.32. The molecular formula is C19H24N2O3S. The summed E-state index contributed by atoms with van der Waals surface area (Å²) in [4.78, 5) is 2.19. The largest absolute Gasteiger partial charge is 0.455 e. The first-order valence-corrected chi connectivity index (χ1v) is 10.3. The maximum Gasteiger partial charge on any atom is 0.214 e. The minimum atomic E-state index is -3.12. The Labute approximate surface area is 149 Å². The lowest BCUT2D eigenvalue weighted by atomic mass is 10.2. The highest BCUT2D eigenvalue weighted by Gasteiger charge is 2.27. The highest BCUT2D eigenvalue weighted by atomic mass is 32.2. The molecule has 1 heterocycles. The quantitative estimate of drug-likeness (QED) is 0.793. The van der Waals surface area contributed by atoms with Gasteiger partial charge >= 0.3 is 0 Å². The first-order valence-electron chi connectivity index (χ1n) is 8.65. The normalized spacial score (nSPS) is 16.0. The fourth-order valence-electron chi connectivity index (χ4n) is 3.01. The Hall–Kier alpha value is -2.05. The molecule has 134 valence electrons. The van der Waals surface area contributed by atoms with Gasteiger partial charge in [-0.1, -0.05) is 37.3 Å². The summed E-state index contributed by atoms with van der Waals surface area (Å²) < 4.78 is 32.1. The minimum absolute atomic E-state index is 0.223. The number of rotatable bonds is 6. The van der Waals surface area contributed by atoms with E-state index in [1.807, 2.05) is 61.5 Å². The minimum Gasteiger partial charge on any atom is -0.455 e. The standard InChI is InChI=1S/C19H24N2O3S/c1-2-16-25(22,23)21-14-12-20(13-15-21)18-10-6-7-11-19(18)24-17-8-4-3-5-9-17/h3-11H,2,12-16H2,1H3. The van der Waals surface area contributed by atoms with Crippen LogP contribution in [-0.4, -0.2) is 44.7 Å². The lowest BCUT2D eigenvalue weighted by Crippen LogP contribution is -2.49. The summed E-state index contributed by atoms with van der Waals surface area (Å²) in [6.45, 7) is 4.26. The summed E-state index contributed by atoms with van der Waals surface area (Å²) in [6.07, 6.45) is 0.649. The van der Waals surface area contributed by atoms with Crippen molar-refractivity contribution in [1.82, 2.24) is 4.31 Å². The summed E-state index contributed by atoms with van der Waals surface area (Å²) in [5, 5.41) is 0. The fourth-order valence-corrected chi connectivity index (χ4v) is 4.51. The predicted octanol–water partition coefficient (Wildman–Crippen LogP) is 3.34. The molecule has 2 aromatic rings. The van der Waals surface area contributed by atoms with Gasteiger partial charge in [0.2, 0.25) is 10.0 Å². The zero-order chi connectivity index (χ0) is 17.7. The molecular weight excluding hydrogens is 336 g/mol. The molecule has 0 aliphatic carbocycles.